The number of nitrogens with zero attached hydrogens (tertiary/aromatic N) is 2. The second kappa shape index (κ2) is 23.7. The predicted molar refractivity (Wildman–Crippen MR) is 152 cm³/mol. The lowest BCUT2D eigenvalue weighted by Gasteiger charge is -2.10. The van der Waals surface area contributed by atoms with Crippen LogP contribution in [0.5, 0.6) is 23.0 Å². The maximum absolute atomic E-state index is 11.3. The van der Waals surface area contributed by atoms with Crippen LogP contribution in [0.15, 0.2) is 42.0 Å². The van der Waals surface area contributed by atoms with E-state index in [2.05, 4.69) is 14.3 Å². The summed E-state index contributed by atoms with van der Waals surface area (Å²) in [6.07, 6.45) is 2.13. The highest BCUT2D eigenvalue weighted by molar-refractivity contribution is 5.97. The van der Waals surface area contributed by atoms with Gasteiger partial charge in [-0.3, -0.25) is 4.79 Å². The molecule has 42 heavy (non-hydrogen) atoms. The average molecular weight is 589 g/mol. The topological polar surface area (TPSA) is 175 Å². The highest BCUT2D eigenvalue weighted by Gasteiger charge is 2.10. The largest absolute Gasteiger partial charge is 0.493 e. The summed E-state index contributed by atoms with van der Waals surface area (Å²) < 4.78 is 29.3. The first-order chi connectivity index (χ1) is 19.8. The quantitative estimate of drug-likeness (QED) is 0.122. The number of carbonyl (C=O) groups excluding carboxylic acids is 3. The van der Waals surface area contributed by atoms with Crippen molar-refractivity contribution in [2.45, 2.75) is 7.43 Å². The summed E-state index contributed by atoms with van der Waals surface area (Å²) in [7, 11) is 5.43. The van der Waals surface area contributed by atoms with Crippen molar-refractivity contribution in [3.63, 3.8) is 0 Å². The van der Waals surface area contributed by atoms with E-state index in [1.165, 1.54) is 34.5 Å². The molecule has 0 aromatic heterocycles. The van der Waals surface area contributed by atoms with Gasteiger partial charge in [-0.05, 0) is 42.0 Å². The number of aldehydes is 1. The molecule has 0 atom stereocenters. The fourth-order valence-corrected chi connectivity index (χ4v) is 2.62. The van der Waals surface area contributed by atoms with E-state index in [1.54, 1.807) is 42.5 Å². The summed E-state index contributed by atoms with van der Waals surface area (Å²) in [4.78, 5) is 34.5. The van der Waals surface area contributed by atoms with Crippen LogP contribution < -0.4 is 18.9 Å². The third-order valence-electron chi connectivity index (χ3n) is 4.48. The van der Waals surface area contributed by atoms with Gasteiger partial charge in [0.1, 0.15) is 31.1 Å². The Morgan fingerprint density at radius 1 is 0.881 bits per heavy atom. The Labute approximate surface area is 245 Å². The first kappa shape index (κ1) is 39.0. The molecular weight excluding hydrogens is 552 g/mol. The number of ether oxygens (including phenoxy) is 6. The minimum Gasteiger partial charge on any atom is -0.493 e. The molecule has 2 aromatic carbocycles. The van der Waals surface area contributed by atoms with E-state index in [-0.39, 0.29) is 46.0 Å². The van der Waals surface area contributed by atoms with Crippen LogP contribution in [-0.4, -0.2) is 89.8 Å². The van der Waals surface area contributed by atoms with Crippen LogP contribution in [0.2, 0.25) is 0 Å². The molecule has 0 spiro atoms. The third kappa shape index (κ3) is 14.9. The van der Waals surface area contributed by atoms with Crippen LogP contribution in [0.4, 0.5) is 0 Å². The maximum Gasteiger partial charge on any atom is 0.386 e. The second-order valence-electron chi connectivity index (χ2n) is 7.14. The van der Waals surface area contributed by atoms with Gasteiger partial charge < -0.3 is 43.5 Å². The fraction of sp³-hybridized carbons (Fsp3) is 0.345. The van der Waals surface area contributed by atoms with Crippen molar-refractivity contribution in [2.75, 3.05) is 61.4 Å². The van der Waals surface area contributed by atoms with Gasteiger partial charge in [-0.25, -0.2) is 16.2 Å². The van der Waals surface area contributed by atoms with Gasteiger partial charge >= 0.3 is 18.5 Å². The van der Waals surface area contributed by atoms with Gasteiger partial charge in [-0.2, -0.15) is 5.26 Å². The van der Waals surface area contributed by atoms with Gasteiger partial charge in [0, 0.05) is 5.56 Å². The molecule has 0 radical (unpaired) electrons. The van der Waals surface area contributed by atoms with Gasteiger partial charge in [-0.1, -0.05) is 13.5 Å². The van der Waals surface area contributed by atoms with E-state index in [0.29, 0.717) is 34.1 Å². The summed E-state index contributed by atoms with van der Waals surface area (Å²) in [6, 6.07) is 11.5. The van der Waals surface area contributed by atoms with Crippen molar-refractivity contribution in [2.24, 2.45) is 0 Å². The SMILES string of the molecule is C.COC(=O)/C(C#N)=C/c1ccc(OCCO)c(OC)c1.COc1cc(C=O)ccc1OCCO.[C-]#[N+]CC(=O)OC. The number of hydrogen-bond acceptors (Lipinski definition) is 12. The van der Waals surface area contributed by atoms with Gasteiger partial charge in [0.2, 0.25) is 0 Å². The lowest BCUT2D eigenvalue weighted by molar-refractivity contribution is -0.138. The molecule has 0 aliphatic heterocycles. The first-order valence-corrected chi connectivity index (χ1v) is 11.7. The molecule has 0 saturated carbocycles. The number of aliphatic hydroxyl groups is 2. The number of hydrogen-bond donors (Lipinski definition) is 2. The van der Waals surface area contributed by atoms with Gasteiger partial charge in [0.05, 0.1) is 41.7 Å². The van der Waals surface area contributed by atoms with E-state index in [4.69, 9.17) is 41.0 Å². The van der Waals surface area contributed by atoms with E-state index >= 15 is 0 Å². The van der Waals surface area contributed by atoms with Crippen LogP contribution in [0, 0.1) is 17.9 Å². The number of methoxy groups -OCH3 is 4. The number of carbonyl (C=O) groups is 3. The van der Waals surface area contributed by atoms with Crippen molar-refractivity contribution in [3.8, 4) is 29.1 Å². The van der Waals surface area contributed by atoms with E-state index in [1.807, 2.05) is 0 Å². The smallest absolute Gasteiger partial charge is 0.386 e. The molecule has 13 heteroatoms. The molecule has 2 aromatic rings. The van der Waals surface area contributed by atoms with Crippen LogP contribution in [0.25, 0.3) is 10.9 Å². The van der Waals surface area contributed by atoms with Gasteiger partial charge in [0.15, 0.2) is 23.0 Å². The van der Waals surface area contributed by atoms with Crippen LogP contribution in [0.1, 0.15) is 23.3 Å². The Morgan fingerprint density at radius 3 is 1.74 bits per heavy atom. The van der Waals surface area contributed by atoms with Gasteiger partial charge in [-0.15, -0.1) is 0 Å². The molecule has 0 aliphatic rings. The zero-order valence-electron chi connectivity index (χ0n) is 23.1. The average Bonchev–Trinajstić information content (AvgIpc) is 3.01. The molecule has 2 N–H and O–H groups in total. The molecule has 0 unspecified atom stereocenters. The van der Waals surface area contributed by atoms with Crippen molar-refractivity contribution < 1.29 is 53.0 Å². The molecule has 2 rings (SSSR count). The van der Waals surface area contributed by atoms with Crippen LogP contribution in [0.3, 0.4) is 0 Å². The third-order valence-corrected chi connectivity index (χ3v) is 4.48. The molecule has 0 bridgehead atoms. The van der Waals surface area contributed by atoms with Crippen LogP contribution >= 0.6 is 0 Å². The van der Waals surface area contributed by atoms with E-state index in [9.17, 15) is 14.4 Å². The highest BCUT2D eigenvalue weighted by atomic mass is 16.5. The maximum atomic E-state index is 11.3. The number of aliphatic hydroxyl groups excluding tert-OH is 2. The Bertz CT molecular complexity index is 1230. The van der Waals surface area contributed by atoms with Gasteiger partial charge in [0.25, 0.3) is 0 Å². The minimum absolute atomic E-state index is 0. The lowest BCUT2D eigenvalue weighted by Crippen LogP contribution is -2.04. The predicted octanol–water partition coefficient (Wildman–Crippen LogP) is 2.74. The molecule has 0 heterocycles. The van der Waals surface area contributed by atoms with E-state index < -0.39 is 11.9 Å². The lowest BCUT2D eigenvalue weighted by atomic mass is 10.1. The molecule has 228 valence electrons. The molecular formula is C29H36N2O11. The summed E-state index contributed by atoms with van der Waals surface area (Å²) in [5.74, 6) is 0.738. The minimum atomic E-state index is -0.702. The summed E-state index contributed by atoms with van der Waals surface area (Å²) in [6.45, 7) is 6.18. The number of benzene rings is 2. The Kier molecular flexibility index (Phi) is 22.1. The first-order valence-electron chi connectivity index (χ1n) is 11.7. The second-order valence-corrected chi connectivity index (χ2v) is 7.14. The standard InChI is InChI=1S/C14H15NO5.C10H12O4.C4H5NO2.CH4/c1-18-13-8-10(3-4-12(13)20-6-5-16)7-11(9-15)14(17)19-2;1-13-10-6-8(7-12)2-3-9(10)14-5-4-11;1-5-3-4(6)7-2;/h3-4,7-8,16H,5-6H2,1-2H3;2-3,6-7,11H,4-5H2,1H3;3H2,2H3;1H4/b11-7+;;;. The van der Waals surface area contributed by atoms with Crippen molar-refractivity contribution >= 4 is 24.3 Å². The van der Waals surface area contributed by atoms with Crippen molar-refractivity contribution in [1.82, 2.24) is 0 Å². The Balaban J connectivity index is 0. The Hall–Kier alpha value is -5.11. The monoisotopic (exact) mass is 588 g/mol. The zero-order valence-corrected chi connectivity index (χ0v) is 23.1. The Morgan fingerprint density at radius 2 is 1.38 bits per heavy atom. The number of nitriles is 1. The molecule has 0 saturated heterocycles. The molecule has 0 aliphatic carbocycles. The summed E-state index contributed by atoms with van der Waals surface area (Å²) >= 11 is 0. The van der Waals surface area contributed by atoms with Crippen LogP contribution in [-0.2, 0) is 19.1 Å². The highest BCUT2D eigenvalue weighted by Crippen LogP contribution is 2.29. The summed E-state index contributed by atoms with van der Waals surface area (Å²) in [5, 5.41) is 26.2. The fourth-order valence-electron chi connectivity index (χ4n) is 2.62. The number of rotatable bonds is 12. The number of esters is 2. The molecule has 0 fully saturated rings. The van der Waals surface area contributed by atoms with Crippen molar-refractivity contribution in [3.05, 3.63) is 64.5 Å². The molecule has 0 amide bonds. The van der Waals surface area contributed by atoms with Crippen molar-refractivity contribution in [1.29, 1.82) is 5.26 Å². The summed E-state index contributed by atoms with van der Waals surface area (Å²) in [5.41, 5.74) is 1.01. The molecule has 13 nitrogen and oxygen atoms in total. The zero-order chi connectivity index (χ0) is 31.0. The normalized spacial score (nSPS) is 9.38. The van der Waals surface area contributed by atoms with E-state index in [0.717, 1.165) is 6.29 Å².